The molecule has 0 atom stereocenters. The standard InChI is InChI=1S/C20H23N5.C16H24BNO4/c1-24(14-18-8-2-5-11-21-18)17-25(15-19-9-3-6-12-22-19)16-20-10-4-7-13-23-20;1-15(2)16(3,4)22-17(21-15)13-9-7-12(8-10-13)11-20-14(19)18(5)6/h2-13H,14-17H2,1H3;7-10H,11H2,1-6H3. The number of carbonyl (C=O) groups is 1. The molecule has 3 aromatic heterocycles. The van der Waals surface area contributed by atoms with E-state index in [0.29, 0.717) is 0 Å². The van der Waals surface area contributed by atoms with Crippen LogP contribution in [0, 0.1) is 0 Å². The number of amides is 1. The number of hydrogen-bond donors (Lipinski definition) is 0. The first kappa shape index (κ1) is 35.7. The van der Waals surface area contributed by atoms with Crippen molar-refractivity contribution in [2.24, 2.45) is 0 Å². The minimum atomic E-state index is -0.372. The molecule has 1 saturated heterocycles. The number of carbonyl (C=O) groups excluding carboxylic acids is 1. The molecular weight excluding hydrogens is 591 g/mol. The molecule has 0 N–H and O–H groups in total. The fourth-order valence-electron chi connectivity index (χ4n) is 4.78. The lowest BCUT2D eigenvalue weighted by Crippen LogP contribution is -2.41. The number of nitrogens with zero attached hydrogens (tertiary/aromatic N) is 6. The van der Waals surface area contributed by atoms with Gasteiger partial charge in [0, 0.05) is 52.3 Å². The fraction of sp³-hybridized carbons (Fsp3) is 0.389. The van der Waals surface area contributed by atoms with Crippen LogP contribution in [-0.4, -0.2) is 81.9 Å². The molecule has 4 heterocycles. The van der Waals surface area contributed by atoms with E-state index >= 15 is 0 Å². The maximum absolute atomic E-state index is 11.4. The van der Waals surface area contributed by atoms with Crippen molar-refractivity contribution in [2.45, 2.75) is 65.1 Å². The van der Waals surface area contributed by atoms with Crippen LogP contribution in [-0.2, 0) is 40.3 Å². The van der Waals surface area contributed by atoms with E-state index in [-0.39, 0.29) is 31.0 Å². The topological polar surface area (TPSA) is 93.1 Å². The van der Waals surface area contributed by atoms with Gasteiger partial charge in [-0.05, 0) is 82.2 Å². The summed E-state index contributed by atoms with van der Waals surface area (Å²) < 4.78 is 17.2. The zero-order valence-corrected chi connectivity index (χ0v) is 28.7. The van der Waals surface area contributed by atoms with E-state index in [1.165, 1.54) is 4.90 Å². The van der Waals surface area contributed by atoms with E-state index in [4.69, 9.17) is 14.0 Å². The molecule has 10 nitrogen and oxygen atoms in total. The Labute approximate surface area is 279 Å². The van der Waals surface area contributed by atoms with Crippen LogP contribution in [0.25, 0.3) is 0 Å². The van der Waals surface area contributed by atoms with Gasteiger partial charge in [0.2, 0.25) is 0 Å². The van der Waals surface area contributed by atoms with Gasteiger partial charge in [-0.2, -0.15) is 0 Å². The van der Waals surface area contributed by atoms with E-state index in [0.717, 1.165) is 54.4 Å². The molecule has 1 aromatic carbocycles. The van der Waals surface area contributed by atoms with E-state index in [2.05, 4.69) is 50.0 Å². The summed E-state index contributed by atoms with van der Waals surface area (Å²) in [6.45, 7) is 11.5. The zero-order chi connectivity index (χ0) is 33.9. The Balaban J connectivity index is 0.000000215. The zero-order valence-electron chi connectivity index (χ0n) is 28.7. The number of rotatable bonds is 11. The molecule has 0 unspecified atom stereocenters. The van der Waals surface area contributed by atoms with Crippen LogP contribution < -0.4 is 5.46 Å². The molecule has 0 saturated carbocycles. The van der Waals surface area contributed by atoms with Crippen LogP contribution in [0.1, 0.15) is 50.3 Å². The minimum absolute atomic E-state index is 0.251. The van der Waals surface area contributed by atoms with Crippen molar-refractivity contribution in [2.75, 3.05) is 27.8 Å². The van der Waals surface area contributed by atoms with Gasteiger partial charge < -0.3 is 18.9 Å². The van der Waals surface area contributed by atoms with E-state index in [9.17, 15) is 4.79 Å². The van der Waals surface area contributed by atoms with E-state index in [1.807, 2.05) is 107 Å². The van der Waals surface area contributed by atoms with Crippen LogP contribution >= 0.6 is 0 Å². The Morgan fingerprint density at radius 1 is 0.702 bits per heavy atom. The van der Waals surface area contributed by atoms with Crippen LogP contribution in [0.4, 0.5) is 4.79 Å². The van der Waals surface area contributed by atoms with Crippen LogP contribution in [0.5, 0.6) is 0 Å². The maximum Gasteiger partial charge on any atom is 0.494 e. The summed E-state index contributed by atoms with van der Waals surface area (Å²) in [5.74, 6) is 0. The number of benzene rings is 1. The van der Waals surface area contributed by atoms with Gasteiger partial charge in [0.15, 0.2) is 0 Å². The summed E-state index contributed by atoms with van der Waals surface area (Å²) in [5.41, 5.74) is 4.38. The fourth-order valence-corrected chi connectivity index (χ4v) is 4.78. The SMILES string of the molecule is CN(C)C(=O)OCc1ccc(B2OC(C)(C)C(C)(C)O2)cc1.CN(Cc1ccccn1)CN(Cc1ccccn1)Cc1ccccn1. The summed E-state index contributed by atoms with van der Waals surface area (Å²) in [4.78, 5) is 30.7. The summed E-state index contributed by atoms with van der Waals surface area (Å²) in [6.07, 6.45) is 5.16. The van der Waals surface area contributed by atoms with Gasteiger partial charge in [0.25, 0.3) is 0 Å². The predicted octanol–water partition coefficient (Wildman–Crippen LogP) is 5.15. The van der Waals surface area contributed by atoms with Crippen molar-refractivity contribution in [3.05, 3.63) is 120 Å². The summed E-state index contributed by atoms with van der Waals surface area (Å²) >= 11 is 0. The first-order chi connectivity index (χ1) is 22.4. The van der Waals surface area contributed by atoms with Gasteiger partial charge in [-0.1, -0.05) is 42.5 Å². The van der Waals surface area contributed by atoms with Gasteiger partial charge in [-0.3, -0.25) is 24.8 Å². The molecule has 1 aliphatic rings. The Bertz CT molecular complexity index is 1450. The number of aromatic nitrogens is 3. The average Bonchev–Trinajstić information content (AvgIpc) is 3.27. The summed E-state index contributed by atoms with van der Waals surface area (Å²) in [7, 11) is 5.05. The van der Waals surface area contributed by atoms with Crippen LogP contribution in [0.15, 0.2) is 97.5 Å². The number of hydrogen-bond acceptors (Lipinski definition) is 9. The molecular formula is C36H47BN6O4. The van der Waals surface area contributed by atoms with Crippen molar-refractivity contribution in [1.29, 1.82) is 0 Å². The molecule has 47 heavy (non-hydrogen) atoms. The first-order valence-electron chi connectivity index (χ1n) is 15.8. The van der Waals surface area contributed by atoms with Crippen molar-refractivity contribution in [3.8, 4) is 0 Å². The molecule has 0 radical (unpaired) electrons. The predicted molar refractivity (Wildman–Crippen MR) is 184 cm³/mol. The lowest BCUT2D eigenvalue weighted by atomic mass is 9.79. The molecule has 0 bridgehead atoms. The second-order valence-electron chi connectivity index (χ2n) is 12.9. The normalized spacial score (nSPS) is 14.9. The number of ether oxygens (including phenoxy) is 1. The quantitative estimate of drug-likeness (QED) is 0.163. The maximum atomic E-state index is 11.4. The average molecular weight is 639 g/mol. The Kier molecular flexibility index (Phi) is 12.6. The second kappa shape index (κ2) is 16.6. The van der Waals surface area contributed by atoms with Gasteiger partial charge in [0.1, 0.15) is 6.61 Å². The van der Waals surface area contributed by atoms with Gasteiger partial charge in [-0.25, -0.2) is 4.79 Å². The van der Waals surface area contributed by atoms with Crippen molar-refractivity contribution < 1.29 is 18.8 Å². The highest BCUT2D eigenvalue weighted by molar-refractivity contribution is 6.62. The lowest BCUT2D eigenvalue weighted by Gasteiger charge is -2.32. The molecule has 1 aliphatic heterocycles. The molecule has 1 amide bonds. The van der Waals surface area contributed by atoms with Gasteiger partial charge >= 0.3 is 13.2 Å². The summed E-state index contributed by atoms with van der Waals surface area (Å²) in [6, 6.07) is 25.8. The second-order valence-corrected chi connectivity index (χ2v) is 12.9. The Morgan fingerprint density at radius 3 is 1.60 bits per heavy atom. The molecule has 248 valence electrons. The summed E-state index contributed by atoms with van der Waals surface area (Å²) in [5, 5.41) is 0. The largest absolute Gasteiger partial charge is 0.494 e. The monoisotopic (exact) mass is 638 g/mol. The third-order valence-electron chi connectivity index (χ3n) is 8.06. The van der Waals surface area contributed by atoms with Gasteiger partial charge in [0.05, 0.1) is 35.0 Å². The Hall–Kier alpha value is -4.16. The van der Waals surface area contributed by atoms with E-state index in [1.54, 1.807) is 14.1 Å². The molecule has 11 heteroatoms. The highest BCUT2D eigenvalue weighted by Crippen LogP contribution is 2.36. The smallest absolute Gasteiger partial charge is 0.445 e. The van der Waals surface area contributed by atoms with Crippen molar-refractivity contribution >= 4 is 18.7 Å². The highest BCUT2D eigenvalue weighted by atomic mass is 16.7. The van der Waals surface area contributed by atoms with Crippen molar-refractivity contribution in [3.63, 3.8) is 0 Å². The minimum Gasteiger partial charge on any atom is -0.445 e. The molecule has 0 aliphatic carbocycles. The van der Waals surface area contributed by atoms with Crippen LogP contribution in [0.3, 0.4) is 0 Å². The highest BCUT2D eigenvalue weighted by Gasteiger charge is 2.51. The molecule has 0 spiro atoms. The molecule has 5 rings (SSSR count). The Morgan fingerprint density at radius 2 is 1.17 bits per heavy atom. The molecule has 1 fully saturated rings. The van der Waals surface area contributed by atoms with E-state index < -0.39 is 0 Å². The first-order valence-corrected chi connectivity index (χ1v) is 15.8. The molecule has 4 aromatic rings. The third kappa shape index (κ3) is 11.0. The van der Waals surface area contributed by atoms with Crippen LogP contribution in [0.2, 0.25) is 0 Å². The lowest BCUT2D eigenvalue weighted by molar-refractivity contribution is 0.00578. The number of pyridine rings is 3. The van der Waals surface area contributed by atoms with Gasteiger partial charge in [-0.15, -0.1) is 0 Å². The van der Waals surface area contributed by atoms with Crippen molar-refractivity contribution in [1.82, 2.24) is 29.7 Å². The third-order valence-corrected chi connectivity index (χ3v) is 8.06.